The van der Waals surface area contributed by atoms with E-state index < -0.39 is 4.92 Å². The summed E-state index contributed by atoms with van der Waals surface area (Å²) in [4.78, 5) is 34.1. The van der Waals surface area contributed by atoms with Crippen LogP contribution in [0, 0.1) is 23.0 Å². The second-order valence-corrected chi connectivity index (χ2v) is 9.17. The van der Waals surface area contributed by atoms with Crippen LogP contribution in [0.2, 0.25) is 0 Å². The van der Waals surface area contributed by atoms with Crippen LogP contribution in [-0.4, -0.2) is 56.2 Å². The number of piperazine rings is 1. The number of carbonyl (C=O) groups excluding carboxylic acids is 1. The van der Waals surface area contributed by atoms with E-state index in [1.165, 1.54) is 17.0 Å². The normalized spacial score (nSPS) is 15.3. The molecule has 0 bridgehead atoms. The zero-order valence-electron chi connectivity index (χ0n) is 17.4. The van der Waals surface area contributed by atoms with Crippen molar-refractivity contribution >= 4 is 27.9 Å². The average Bonchev–Trinajstić information content (AvgIpc) is 3.25. The van der Waals surface area contributed by atoms with Gasteiger partial charge in [0.25, 0.3) is 5.69 Å². The van der Waals surface area contributed by atoms with Crippen molar-refractivity contribution in [3.63, 3.8) is 0 Å². The molecule has 0 N–H and O–H groups in total. The number of nitrogens with zero attached hydrogens (tertiary/aromatic N) is 5. The van der Waals surface area contributed by atoms with Crippen LogP contribution in [0.15, 0.2) is 30.5 Å². The summed E-state index contributed by atoms with van der Waals surface area (Å²) in [6.07, 6.45) is 2.09. The van der Waals surface area contributed by atoms with Gasteiger partial charge in [0.15, 0.2) is 4.96 Å². The molecule has 9 heteroatoms. The van der Waals surface area contributed by atoms with Gasteiger partial charge in [-0.25, -0.2) is 4.98 Å². The number of hydrogen-bond acceptors (Lipinski definition) is 6. The number of rotatable bonds is 5. The Balaban J connectivity index is 1.59. The van der Waals surface area contributed by atoms with Gasteiger partial charge in [0.1, 0.15) is 0 Å². The third-order valence-corrected chi connectivity index (χ3v) is 6.34. The minimum absolute atomic E-state index is 0.0218. The highest BCUT2D eigenvalue weighted by Crippen LogP contribution is 2.30. The van der Waals surface area contributed by atoms with Crippen molar-refractivity contribution in [2.24, 2.45) is 5.92 Å². The lowest BCUT2D eigenvalue weighted by Crippen LogP contribution is -2.49. The first-order chi connectivity index (χ1) is 14.3. The molecular weight excluding hydrogens is 402 g/mol. The number of amides is 1. The van der Waals surface area contributed by atoms with Crippen LogP contribution in [0.4, 0.5) is 5.69 Å². The van der Waals surface area contributed by atoms with E-state index in [2.05, 4.69) is 22.4 Å². The molecule has 3 heterocycles. The fourth-order valence-electron chi connectivity index (χ4n) is 3.83. The van der Waals surface area contributed by atoms with Crippen LogP contribution in [0.5, 0.6) is 0 Å². The Morgan fingerprint density at radius 1 is 1.20 bits per heavy atom. The highest BCUT2D eigenvalue weighted by atomic mass is 32.1. The van der Waals surface area contributed by atoms with Crippen molar-refractivity contribution in [1.29, 1.82) is 0 Å². The van der Waals surface area contributed by atoms with Crippen molar-refractivity contribution in [2.75, 3.05) is 26.2 Å². The van der Waals surface area contributed by atoms with Gasteiger partial charge < -0.3 is 4.90 Å². The van der Waals surface area contributed by atoms with E-state index in [0.29, 0.717) is 6.54 Å². The Bertz CT molecular complexity index is 1080. The Labute approximate surface area is 178 Å². The number of carbonyl (C=O) groups is 1. The van der Waals surface area contributed by atoms with E-state index in [-0.39, 0.29) is 17.5 Å². The topological polar surface area (TPSA) is 84.0 Å². The Morgan fingerprint density at radius 2 is 1.87 bits per heavy atom. The van der Waals surface area contributed by atoms with E-state index in [1.54, 1.807) is 23.5 Å². The molecule has 158 valence electrons. The average molecular weight is 428 g/mol. The number of thiazole rings is 1. The van der Waals surface area contributed by atoms with Crippen molar-refractivity contribution in [1.82, 2.24) is 19.2 Å². The summed E-state index contributed by atoms with van der Waals surface area (Å²) in [6.45, 7) is 9.74. The highest BCUT2D eigenvalue weighted by molar-refractivity contribution is 7.17. The van der Waals surface area contributed by atoms with Gasteiger partial charge in [-0.1, -0.05) is 13.8 Å². The van der Waals surface area contributed by atoms with Gasteiger partial charge in [0, 0.05) is 67.4 Å². The van der Waals surface area contributed by atoms with E-state index in [9.17, 15) is 14.9 Å². The van der Waals surface area contributed by atoms with E-state index in [0.717, 1.165) is 48.1 Å². The molecule has 1 saturated heterocycles. The monoisotopic (exact) mass is 427 g/mol. The number of aromatic nitrogens is 2. The van der Waals surface area contributed by atoms with Gasteiger partial charge in [-0.05, 0) is 19.1 Å². The molecule has 0 aliphatic carbocycles. The molecule has 1 aliphatic heterocycles. The number of hydrogen-bond donors (Lipinski definition) is 0. The minimum Gasteiger partial charge on any atom is -0.340 e. The quantitative estimate of drug-likeness (QED) is 0.459. The Morgan fingerprint density at radius 3 is 2.47 bits per heavy atom. The summed E-state index contributed by atoms with van der Waals surface area (Å²) in [5, 5.41) is 11.0. The Hall–Kier alpha value is -2.78. The molecular formula is C21H25N5O3S. The molecule has 1 amide bonds. The molecule has 0 spiro atoms. The molecule has 4 rings (SSSR count). The van der Waals surface area contributed by atoms with E-state index in [1.807, 2.05) is 18.7 Å². The molecule has 1 aliphatic rings. The van der Waals surface area contributed by atoms with Crippen molar-refractivity contribution in [3.8, 4) is 11.3 Å². The maximum atomic E-state index is 12.3. The zero-order chi connectivity index (χ0) is 21.4. The number of fused-ring (bicyclic) bond motifs is 1. The van der Waals surface area contributed by atoms with Crippen molar-refractivity contribution in [3.05, 3.63) is 51.1 Å². The van der Waals surface area contributed by atoms with Gasteiger partial charge in [-0.3, -0.25) is 24.2 Å². The molecule has 0 saturated carbocycles. The number of aryl methyl sites for hydroxylation is 1. The fourth-order valence-corrected chi connectivity index (χ4v) is 4.67. The Kier molecular flexibility index (Phi) is 5.57. The van der Waals surface area contributed by atoms with Crippen LogP contribution < -0.4 is 0 Å². The summed E-state index contributed by atoms with van der Waals surface area (Å²) >= 11 is 1.63. The summed E-state index contributed by atoms with van der Waals surface area (Å²) in [6, 6.07) is 6.57. The standard InChI is InChI=1S/C21H25N5O3S/c1-14(2)20(27)24-10-8-23(9-11-24)13-18-19(22-21-25(18)12-15(3)30-21)16-4-6-17(7-5-16)26(28)29/h4-7,12,14H,8-11,13H2,1-3H3. The first-order valence-corrected chi connectivity index (χ1v) is 10.9. The molecule has 3 aromatic rings. The van der Waals surface area contributed by atoms with Crippen LogP contribution >= 0.6 is 11.3 Å². The first kappa shape index (κ1) is 20.5. The van der Waals surface area contributed by atoms with Gasteiger partial charge in [-0.15, -0.1) is 11.3 Å². The molecule has 2 aromatic heterocycles. The lowest BCUT2D eigenvalue weighted by Gasteiger charge is -2.35. The van der Waals surface area contributed by atoms with Crippen LogP contribution in [0.25, 0.3) is 16.2 Å². The van der Waals surface area contributed by atoms with Crippen LogP contribution in [0.1, 0.15) is 24.4 Å². The van der Waals surface area contributed by atoms with Crippen molar-refractivity contribution < 1.29 is 9.72 Å². The van der Waals surface area contributed by atoms with Gasteiger partial charge in [0.05, 0.1) is 16.3 Å². The third kappa shape index (κ3) is 3.95. The maximum Gasteiger partial charge on any atom is 0.269 e. The van der Waals surface area contributed by atoms with Crippen LogP contribution in [0.3, 0.4) is 0 Å². The van der Waals surface area contributed by atoms with E-state index in [4.69, 9.17) is 4.98 Å². The third-order valence-electron chi connectivity index (χ3n) is 5.44. The number of nitro benzene ring substituents is 1. The number of benzene rings is 1. The second-order valence-electron chi connectivity index (χ2n) is 7.96. The highest BCUT2D eigenvalue weighted by Gasteiger charge is 2.25. The SMILES string of the molecule is Cc1cn2c(CN3CCN(C(=O)C(C)C)CC3)c(-c3ccc([N+](=O)[O-])cc3)nc2s1. The maximum absolute atomic E-state index is 12.3. The predicted molar refractivity (Wildman–Crippen MR) is 117 cm³/mol. The second kappa shape index (κ2) is 8.16. The molecule has 1 fully saturated rings. The fraction of sp³-hybridized carbons (Fsp3) is 0.429. The lowest BCUT2D eigenvalue weighted by molar-refractivity contribution is -0.384. The molecule has 1 aromatic carbocycles. The number of imidazole rings is 1. The molecule has 0 radical (unpaired) electrons. The first-order valence-electron chi connectivity index (χ1n) is 10.1. The van der Waals surface area contributed by atoms with Crippen LogP contribution in [-0.2, 0) is 11.3 Å². The van der Waals surface area contributed by atoms with Gasteiger partial charge in [0.2, 0.25) is 5.91 Å². The molecule has 30 heavy (non-hydrogen) atoms. The van der Waals surface area contributed by atoms with Crippen molar-refractivity contribution in [2.45, 2.75) is 27.3 Å². The number of non-ortho nitro benzene ring substituents is 1. The van der Waals surface area contributed by atoms with Gasteiger partial charge >= 0.3 is 0 Å². The van der Waals surface area contributed by atoms with E-state index >= 15 is 0 Å². The largest absolute Gasteiger partial charge is 0.340 e. The summed E-state index contributed by atoms with van der Waals surface area (Å²) in [5.74, 6) is 0.231. The summed E-state index contributed by atoms with van der Waals surface area (Å²) in [5.41, 5.74) is 2.88. The minimum atomic E-state index is -0.391. The zero-order valence-corrected chi connectivity index (χ0v) is 18.2. The molecule has 0 atom stereocenters. The lowest BCUT2D eigenvalue weighted by atomic mass is 10.1. The van der Waals surface area contributed by atoms with Gasteiger partial charge in [-0.2, -0.15) is 0 Å². The summed E-state index contributed by atoms with van der Waals surface area (Å²) in [7, 11) is 0. The number of nitro groups is 1. The molecule has 8 nitrogen and oxygen atoms in total. The summed E-state index contributed by atoms with van der Waals surface area (Å²) < 4.78 is 2.13. The molecule has 0 unspecified atom stereocenters. The predicted octanol–water partition coefficient (Wildman–Crippen LogP) is 3.58. The smallest absolute Gasteiger partial charge is 0.269 e.